The second-order valence-electron chi connectivity index (χ2n) is 13.3. The number of likely N-dealkylation sites (tertiary alicyclic amines) is 1. The van der Waals surface area contributed by atoms with Crippen LogP contribution in [-0.4, -0.2) is 90.0 Å². The van der Waals surface area contributed by atoms with Gasteiger partial charge in [0.1, 0.15) is 11.6 Å². The molecule has 2 aliphatic heterocycles. The van der Waals surface area contributed by atoms with Crippen LogP contribution in [0.3, 0.4) is 0 Å². The van der Waals surface area contributed by atoms with E-state index in [-0.39, 0.29) is 42.4 Å². The number of nitrogens with one attached hydrogen (secondary N) is 3. The average Bonchev–Trinajstić information content (AvgIpc) is 3.68. The zero-order valence-electron chi connectivity index (χ0n) is 28.2. The van der Waals surface area contributed by atoms with E-state index in [4.69, 9.17) is 0 Å². The summed E-state index contributed by atoms with van der Waals surface area (Å²) in [5.41, 5.74) is 0.841. The molecule has 7 atom stereocenters. The molecule has 2 aliphatic rings. The van der Waals surface area contributed by atoms with Crippen molar-refractivity contribution in [2.75, 3.05) is 18.8 Å². The van der Waals surface area contributed by atoms with Crippen molar-refractivity contribution in [2.45, 2.75) is 108 Å². The van der Waals surface area contributed by atoms with Crippen LogP contribution >= 0.6 is 0 Å². The lowest BCUT2D eigenvalue weighted by atomic mass is 9.81. The van der Waals surface area contributed by atoms with Crippen LogP contribution in [-0.2, 0) is 37.1 Å². The van der Waals surface area contributed by atoms with Crippen molar-refractivity contribution in [2.24, 2.45) is 5.92 Å². The fourth-order valence-electron chi connectivity index (χ4n) is 7.20. The van der Waals surface area contributed by atoms with Crippen LogP contribution in [0.25, 0.3) is 0 Å². The topological polar surface area (TPSA) is 145 Å². The Morgan fingerprint density at radius 1 is 1.06 bits per heavy atom. The van der Waals surface area contributed by atoms with E-state index in [0.29, 0.717) is 45.1 Å². The van der Waals surface area contributed by atoms with Gasteiger partial charge in [0.2, 0.25) is 17.7 Å². The van der Waals surface area contributed by atoms with E-state index >= 15 is 0 Å². The second kappa shape index (κ2) is 16.2. The molecule has 0 aromatic heterocycles. The SMILES string of the molecule is CCCS(=O)(=O)[C@H]1CN[C@@H]([C@@H](O)[C@H](Cc2ccccc2)NC(=O)[C@H](CCc2ccccc2)N2CC[C@](NC(C)=O)(C(C)CC)C2=O)C1. The number of carbonyl (C=O) groups excluding carboxylic acids is 3. The number of sulfone groups is 1. The first-order chi connectivity index (χ1) is 22.4. The quantitative estimate of drug-likeness (QED) is 0.215. The van der Waals surface area contributed by atoms with Crippen LogP contribution in [0.15, 0.2) is 60.7 Å². The van der Waals surface area contributed by atoms with Crippen LogP contribution < -0.4 is 16.0 Å². The van der Waals surface area contributed by atoms with Crippen molar-refractivity contribution in [3.05, 3.63) is 71.8 Å². The fraction of sp³-hybridized carbons (Fsp3) is 0.583. The Labute approximate surface area is 280 Å². The van der Waals surface area contributed by atoms with Gasteiger partial charge in [-0.1, -0.05) is 87.9 Å². The summed E-state index contributed by atoms with van der Waals surface area (Å²) in [5, 5.41) is 20.4. The van der Waals surface area contributed by atoms with Gasteiger partial charge in [-0.25, -0.2) is 8.42 Å². The van der Waals surface area contributed by atoms with Gasteiger partial charge in [0.25, 0.3) is 0 Å². The van der Waals surface area contributed by atoms with Crippen molar-refractivity contribution >= 4 is 27.6 Å². The van der Waals surface area contributed by atoms with Crippen molar-refractivity contribution in [3.63, 3.8) is 0 Å². The van der Waals surface area contributed by atoms with Gasteiger partial charge in [-0.05, 0) is 55.6 Å². The van der Waals surface area contributed by atoms with E-state index in [1.807, 2.05) is 81.4 Å². The number of aryl methyl sites for hydroxylation is 1. The van der Waals surface area contributed by atoms with Gasteiger partial charge in [-0.2, -0.15) is 0 Å². The van der Waals surface area contributed by atoms with E-state index in [1.54, 1.807) is 4.90 Å². The number of aliphatic hydroxyl groups excluding tert-OH is 1. The van der Waals surface area contributed by atoms with Crippen LogP contribution in [0.4, 0.5) is 0 Å². The normalized spacial score (nSPS) is 24.0. The standard InChI is InChI=1S/C36H52N4O6S/c1-5-21-47(45,46)29-23-30(37-24-29)33(42)31(22-28-15-11-8-12-16-28)38-34(43)32(18-17-27-13-9-7-10-14-27)40-20-19-36(35(40)44,25(3)6-2)39-26(4)41/h7-16,25,29-33,37,42H,5-6,17-24H2,1-4H3,(H,38,43)(H,39,41)/t25?,29-,30-,31+,32+,33-,36+/m1/s1. The first-order valence-electron chi connectivity index (χ1n) is 17.0. The average molecular weight is 669 g/mol. The molecule has 4 N–H and O–H groups in total. The largest absolute Gasteiger partial charge is 0.389 e. The molecular formula is C36H52N4O6S. The molecule has 2 heterocycles. The summed E-state index contributed by atoms with van der Waals surface area (Å²) in [5.74, 6) is -0.988. The van der Waals surface area contributed by atoms with Crippen LogP contribution in [0.1, 0.15) is 70.9 Å². The molecule has 2 fully saturated rings. The third kappa shape index (κ3) is 8.80. The number of benzene rings is 2. The fourth-order valence-corrected chi connectivity index (χ4v) is 8.95. The maximum absolute atomic E-state index is 14.4. The summed E-state index contributed by atoms with van der Waals surface area (Å²) >= 11 is 0. The van der Waals surface area contributed by atoms with Crippen molar-refractivity contribution in [1.29, 1.82) is 0 Å². The summed E-state index contributed by atoms with van der Waals surface area (Å²) in [6.07, 6.45) is 1.99. The Morgan fingerprint density at radius 2 is 1.70 bits per heavy atom. The number of hydrogen-bond acceptors (Lipinski definition) is 7. The summed E-state index contributed by atoms with van der Waals surface area (Å²) in [6.45, 7) is 7.73. The Balaban J connectivity index is 1.62. The highest BCUT2D eigenvalue weighted by Gasteiger charge is 2.53. The molecular weight excluding hydrogens is 616 g/mol. The first kappa shape index (κ1) is 36.6. The molecule has 4 rings (SSSR count). The number of rotatable bonds is 16. The zero-order valence-corrected chi connectivity index (χ0v) is 29.0. The van der Waals surface area contributed by atoms with E-state index in [0.717, 1.165) is 11.1 Å². The number of carbonyl (C=O) groups is 3. The Kier molecular flexibility index (Phi) is 12.6. The van der Waals surface area contributed by atoms with E-state index in [1.165, 1.54) is 6.92 Å². The van der Waals surface area contributed by atoms with Gasteiger partial charge in [-0.3, -0.25) is 14.4 Å². The molecule has 2 aromatic rings. The smallest absolute Gasteiger partial charge is 0.249 e. The molecule has 0 bridgehead atoms. The lowest BCUT2D eigenvalue weighted by Gasteiger charge is -2.36. The summed E-state index contributed by atoms with van der Waals surface area (Å²) in [7, 11) is -3.31. The van der Waals surface area contributed by atoms with Gasteiger partial charge >= 0.3 is 0 Å². The highest BCUT2D eigenvalue weighted by Crippen LogP contribution is 2.34. The molecule has 3 amide bonds. The monoisotopic (exact) mass is 668 g/mol. The minimum atomic E-state index is -3.31. The zero-order chi connectivity index (χ0) is 34.2. The van der Waals surface area contributed by atoms with Gasteiger partial charge in [-0.15, -0.1) is 0 Å². The predicted molar refractivity (Wildman–Crippen MR) is 183 cm³/mol. The number of aliphatic hydroxyl groups is 1. The number of nitrogens with zero attached hydrogens (tertiary/aromatic N) is 1. The van der Waals surface area contributed by atoms with Gasteiger partial charge < -0.3 is 26.0 Å². The molecule has 0 spiro atoms. The Hall–Kier alpha value is -3.28. The molecule has 47 heavy (non-hydrogen) atoms. The summed E-state index contributed by atoms with van der Waals surface area (Å²) < 4.78 is 25.7. The van der Waals surface area contributed by atoms with Gasteiger partial charge in [0, 0.05) is 26.1 Å². The van der Waals surface area contributed by atoms with E-state index in [2.05, 4.69) is 16.0 Å². The number of amides is 3. The molecule has 0 radical (unpaired) electrons. The predicted octanol–water partition coefficient (Wildman–Crippen LogP) is 2.78. The molecule has 10 nitrogen and oxygen atoms in total. The lowest BCUT2D eigenvalue weighted by Crippen LogP contribution is -2.61. The van der Waals surface area contributed by atoms with Crippen molar-refractivity contribution < 1.29 is 27.9 Å². The Morgan fingerprint density at radius 3 is 2.30 bits per heavy atom. The van der Waals surface area contributed by atoms with Gasteiger partial charge in [0.15, 0.2) is 9.84 Å². The van der Waals surface area contributed by atoms with Crippen molar-refractivity contribution in [3.8, 4) is 0 Å². The molecule has 1 unspecified atom stereocenters. The molecule has 0 saturated carbocycles. The maximum atomic E-state index is 14.4. The summed E-state index contributed by atoms with van der Waals surface area (Å²) in [4.78, 5) is 42.5. The summed E-state index contributed by atoms with van der Waals surface area (Å²) in [6, 6.07) is 17.2. The third-order valence-electron chi connectivity index (χ3n) is 10.0. The van der Waals surface area contributed by atoms with Crippen LogP contribution in [0.5, 0.6) is 0 Å². The van der Waals surface area contributed by atoms with E-state index in [9.17, 15) is 27.9 Å². The maximum Gasteiger partial charge on any atom is 0.249 e. The molecule has 258 valence electrons. The van der Waals surface area contributed by atoms with Gasteiger partial charge in [0.05, 0.1) is 23.1 Å². The highest BCUT2D eigenvalue weighted by atomic mass is 32.2. The Bertz CT molecular complexity index is 1460. The highest BCUT2D eigenvalue weighted by molar-refractivity contribution is 7.92. The first-order valence-corrected chi connectivity index (χ1v) is 18.7. The van der Waals surface area contributed by atoms with Crippen LogP contribution in [0, 0.1) is 5.92 Å². The minimum absolute atomic E-state index is 0.0932. The lowest BCUT2D eigenvalue weighted by molar-refractivity contribution is -0.144. The molecule has 2 aromatic carbocycles. The van der Waals surface area contributed by atoms with E-state index < -0.39 is 44.9 Å². The molecule has 2 saturated heterocycles. The number of hydrogen-bond donors (Lipinski definition) is 4. The van der Waals surface area contributed by atoms with Crippen LogP contribution in [0.2, 0.25) is 0 Å². The van der Waals surface area contributed by atoms with Crippen molar-refractivity contribution in [1.82, 2.24) is 20.9 Å². The molecule has 11 heteroatoms. The molecule has 0 aliphatic carbocycles. The third-order valence-corrected chi connectivity index (χ3v) is 12.4. The second-order valence-corrected chi connectivity index (χ2v) is 15.7. The minimum Gasteiger partial charge on any atom is -0.389 e.